The molecule has 1 aromatic rings. The zero-order valence-electron chi connectivity index (χ0n) is 9.87. The molecule has 1 rings (SSSR count). The van der Waals surface area contributed by atoms with Gasteiger partial charge in [0, 0.05) is 17.1 Å². The number of alkyl halides is 2. The first kappa shape index (κ1) is 14.9. The maximum Gasteiger partial charge on any atom is 0.255 e. The van der Waals surface area contributed by atoms with Crippen LogP contribution in [-0.4, -0.2) is 42.0 Å². The van der Waals surface area contributed by atoms with E-state index in [4.69, 9.17) is 16.7 Å². The van der Waals surface area contributed by atoms with Gasteiger partial charge in [0.2, 0.25) is 0 Å². The molecule has 0 fully saturated rings. The number of aliphatic hydroxyl groups excluding tert-OH is 1. The Morgan fingerprint density at radius 2 is 2.17 bits per heavy atom. The zero-order chi connectivity index (χ0) is 13.7. The molecule has 3 nitrogen and oxygen atoms in total. The van der Waals surface area contributed by atoms with E-state index in [-0.39, 0.29) is 18.7 Å². The van der Waals surface area contributed by atoms with Crippen molar-refractivity contribution in [2.75, 3.05) is 19.7 Å². The fraction of sp³-hybridized carbons (Fsp3) is 0.417. The molecule has 0 aliphatic rings. The third-order valence-corrected chi connectivity index (χ3v) is 2.92. The summed E-state index contributed by atoms with van der Waals surface area (Å²) in [6.45, 7) is 0.452. The molecule has 0 unspecified atom stereocenters. The Morgan fingerprint density at radius 1 is 1.50 bits per heavy atom. The van der Waals surface area contributed by atoms with E-state index in [1.165, 1.54) is 6.07 Å². The van der Waals surface area contributed by atoms with E-state index in [0.717, 1.165) is 4.90 Å². The maximum absolute atomic E-state index is 12.4. The average molecular weight is 278 g/mol. The van der Waals surface area contributed by atoms with Crippen molar-refractivity contribution in [3.63, 3.8) is 0 Å². The van der Waals surface area contributed by atoms with Gasteiger partial charge in [-0.1, -0.05) is 17.7 Å². The minimum atomic E-state index is -2.64. The quantitative estimate of drug-likeness (QED) is 0.897. The lowest BCUT2D eigenvalue weighted by molar-refractivity contribution is 0.0508. The molecule has 0 saturated heterocycles. The molecule has 0 saturated carbocycles. The number of carbonyl (C=O) groups is 1. The van der Waals surface area contributed by atoms with Crippen molar-refractivity contribution in [3.8, 4) is 0 Å². The standard InChI is InChI=1S/C12H14ClF2NO2/c1-8-9(3-2-4-10(8)13)12(18)16(5-6-17)7-11(14)15/h2-4,11,17H,5-7H2,1H3. The van der Waals surface area contributed by atoms with Crippen molar-refractivity contribution < 1.29 is 18.7 Å². The molecule has 0 radical (unpaired) electrons. The van der Waals surface area contributed by atoms with Crippen LogP contribution in [0.15, 0.2) is 18.2 Å². The van der Waals surface area contributed by atoms with Crippen LogP contribution in [0.3, 0.4) is 0 Å². The van der Waals surface area contributed by atoms with Gasteiger partial charge in [-0.2, -0.15) is 0 Å². The summed E-state index contributed by atoms with van der Waals surface area (Å²) in [7, 11) is 0. The second-order valence-corrected chi connectivity index (χ2v) is 4.19. The Hall–Kier alpha value is -1.20. The topological polar surface area (TPSA) is 40.5 Å². The van der Waals surface area contributed by atoms with Crippen LogP contribution in [0.25, 0.3) is 0 Å². The molecule has 0 atom stereocenters. The van der Waals surface area contributed by atoms with Gasteiger partial charge in [-0.25, -0.2) is 8.78 Å². The summed E-state index contributed by atoms with van der Waals surface area (Å²) in [6.07, 6.45) is -2.64. The Morgan fingerprint density at radius 3 is 2.72 bits per heavy atom. The number of aliphatic hydroxyl groups is 1. The Kier molecular flexibility index (Phi) is 5.50. The summed E-state index contributed by atoms with van der Waals surface area (Å²) in [4.78, 5) is 13.0. The molecule has 0 bridgehead atoms. The van der Waals surface area contributed by atoms with Gasteiger partial charge < -0.3 is 10.0 Å². The molecule has 1 aromatic carbocycles. The summed E-state index contributed by atoms with van der Waals surface area (Å²) in [5.41, 5.74) is 0.818. The van der Waals surface area contributed by atoms with Gasteiger partial charge in [0.15, 0.2) is 0 Å². The van der Waals surface area contributed by atoms with Crippen molar-refractivity contribution in [3.05, 3.63) is 34.3 Å². The van der Waals surface area contributed by atoms with Crippen LogP contribution in [0.4, 0.5) is 8.78 Å². The minimum absolute atomic E-state index is 0.130. The van der Waals surface area contributed by atoms with Gasteiger partial charge in [0.25, 0.3) is 12.3 Å². The first-order chi connectivity index (χ1) is 8.47. The van der Waals surface area contributed by atoms with Crippen molar-refractivity contribution >= 4 is 17.5 Å². The number of halogens is 3. The molecule has 0 spiro atoms. The van der Waals surface area contributed by atoms with Gasteiger partial charge >= 0.3 is 0 Å². The maximum atomic E-state index is 12.4. The van der Waals surface area contributed by atoms with Crippen LogP contribution < -0.4 is 0 Å². The van der Waals surface area contributed by atoms with Crippen LogP contribution in [0.1, 0.15) is 15.9 Å². The number of hydrogen-bond donors (Lipinski definition) is 1. The monoisotopic (exact) mass is 277 g/mol. The molecule has 100 valence electrons. The predicted molar refractivity (Wildman–Crippen MR) is 65.2 cm³/mol. The molecule has 6 heteroatoms. The highest BCUT2D eigenvalue weighted by Crippen LogP contribution is 2.20. The van der Waals surface area contributed by atoms with Crippen molar-refractivity contribution in [1.29, 1.82) is 0 Å². The highest BCUT2D eigenvalue weighted by atomic mass is 35.5. The fourth-order valence-electron chi connectivity index (χ4n) is 1.57. The van der Waals surface area contributed by atoms with Crippen LogP contribution in [0, 0.1) is 6.92 Å². The van der Waals surface area contributed by atoms with Crippen LogP contribution in [0.5, 0.6) is 0 Å². The Labute approximate surface area is 109 Å². The average Bonchev–Trinajstić information content (AvgIpc) is 2.31. The zero-order valence-corrected chi connectivity index (χ0v) is 10.6. The van der Waals surface area contributed by atoms with Crippen LogP contribution >= 0.6 is 11.6 Å². The predicted octanol–water partition coefficient (Wildman–Crippen LogP) is 2.35. The molecule has 1 N–H and O–H groups in total. The Bertz CT molecular complexity index is 427. The SMILES string of the molecule is Cc1c(Cl)cccc1C(=O)N(CCO)CC(F)F. The van der Waals surface area contributed by atoms with Gasteiger partial charge in [0.05, 0.1) is 13.2 Å². The molecule has 1 amide bonds. The summed E-state index contributed by atoms with van der Waals surface area (Å²) >= 11 is 5.88. The normalized spacial score (nSPS) is 10.8. The largest absolute Gasteiger partial charge is 0.395 e. The van der Waals surface area contributed by atoms with Crippen molar-refractivity contribution in [1.82, 2.24) is 4.90 Å². The highest BCUT2D eigenvalue weighted by molar-refractivity contribution is 6.31. The molecular formula is C12H14ClF2NO2. The van der Waals surface area contributed by atoms with Gasteiger partial charge in [0.1, 0.15) is 0 Å². The van der Waals surface area contributed by atoms with E-state index in [1.54, 1.807) is 19.1 Å². The molecule has 0 heterocycles. The first-order valence-electron chi connectivity index (χ1n) is 5.40. The molecule has 0 aliphatic heterocycles. The number of rotatable bonds is 5. The van der Waals surface area contributed by atoms with Crippen molar-refractivity contribution in [2.45, 2.75) is 13.3 Å². The lowest BCUT2D eigenvalue weighted by Gasteiger charge is -2.22. The van der Waals surface area contributed by atoms with Gasteiger partial charge in [-0.15, -0.1) is 0 Å². The minimum Gasteiger partial charge on any atom is -0.395 e. The van der Waals surface area contributed by atoms with E-state index >= 15 is 0 Å². The molecule has 18 heavy (non-hydrogen) atoms. The summed E-state index contributed by atoms with van der Waals surface area (Å²) in [5.74, 6) is -0.552. The van der Waals surface area contributed by atoms with E-state index < -0.39 is 18.9 Å². The number of carbonyl (C=O) groups excluding carboxylic acids is 1. The van der Waals surface area contributed by atoms with Crippen LogP contribution in [0.2, 0.25) is 5.02 Å². The van der Waals surface area contributed by atoms with Crippen LogP contribution in [-0.2, 0) is 0 Å². The summed E-state index contributed by atoms with van der Waals surface area (Å²) in [5, 5.41) is 9.21. The number of amides is 1. The highest BCUT2D eigenvalue weighted by Gasteiger charge is 2.21. The van der Waals surface area contributed by atoms with Gasteiger partial charge in [-0.05, 0) is 24.6 Å². The number of hydrogen-bond acceptors (Lipinski definition) is 2. The third kappa shape index (κ3) is 3.65. The number of benzene rings is 1. The lowest BCUT2D eigenvalue weighted by atomic mass is 10.1. The summed E-state index contributed by atoms with van der Waals surface area (Å²) in [6, 6.07) is 4.73. The smallest absolute Gasteiger partial charge is 0.255 e. The molecule has 0 aromatic heterocycles. The second-order valence-electron chi connectivity index (χ2n) is 3.78. The number of nitrogens with zero attached hydrogens (tertiary/aromatic N) is 1. The van der Waals surface area contributed by atoms with E-state index in [9.17, 15) is 13.6 Å². The Balaban J connectivity index is 2.98. The van der Waals surface area contributed by atoms with E-state index in [2.05, 4.69) is 0 Å². The summed E-state index contributed by atoms with van der Waals surface area (Å²) < 4.78 is 24.7. The lowest BCUT2D eigenvalue weighted by Crippen LogP contribution is -2.37. The molecular weight excluding hydrogens is 264 g/mol. The second kappa shape index (κ2) is 6.66. The fourth-order valence-corrected chi connectivity index (χ4v) is 1.75. The van der Waals surface area contributed by atoms with Crippen molar-refractivity contribution in [2.24, 2.45) is 0 Å². The van der Waals surface area contributed by atoms with E-state index in [0.29, 0.717) is 10.6 Å². The first-order valence-corrected chi connectivity index (χ1v) is 5.78. The molecule has 0 aliphatic carbocycles. The third-order valence-electron chi connectivity index (χ3n) is 2.51. The van der Waals surface area contributed by atoms with E-state index in [1.807, 2.05) is 0 Å². The van der Waals surface area contributed by atoms with Gasteiger partial charge in [-0.3, -0.25) is 4.79 Å².